The Kier molecular flexibility index (Phi) is 6.11. The van der Waals surface area contributed by atoms with Crippen molar-refractivity contribution in [2.45, 2.75) is 24.4 Å². The summed E-state index contributed by atoms with van der Waals surface area (Å²) in [4.78, 5) is 15.1. The molecule has 1 unspecified atom stereocenters. The number of amides is 1. The standard InChI is InChI=1S/C16H21N3O3S2/c1-12(13-5-7-15(8-6-13)24(17,21)22)19(2)11-16(20)18-10-14-4-3-9-23-14/h3-9,12H,10-11H2,1-2H3,(H,18,20)(H2,17,21,22). The number of hydrogen-bond acceptors (Lipinski definition) is 5. The van der Waals surface area contributed by atoms with Crippen molar-refractivity contribution in [3.63, 3.8) is 0 Å². The van der Waals surface area contributed by atoms with E-state index in [4.69, 9.17) is 5.14 Å². The minimum atomic E-state index is -3.69. The summed E-state index contributed by atoms with van der Waals surface area (Å²) in [5.74, 6) is -0.0566. The van der Waals surface area contributed by atoms with Crippen molar-refractivity contribution in [3.8, 4) is 0 Å². The predicted octanol–water partition coefficient (Wildman–Crippen LogP) is 1.70. The number of nitrogens with zero attached hydrogens (tertiary/aromatic N) is 1. The quantitative estimate of drug-likeness (QED) is 0.779. The number of nitrogens with one attached hydrogen (secondary N) is 1. The van der Waals surface area contributed by atoms with Gasteiger partial charge in [0.05, 0.1) is 18.0 Å². The molecule has 0 aliphatic rings. The Balaban J connectivity index is 1.91. The van der Waals surface area contributed by atoms with Gasteiger partial charge in [0.1, 0.15) is 0 Å². The number of likely N-dealkylation sites (N-methyl/N-ethyl adjacent to an activating group) is 1. The average molecular weight is 367 g/mol. The van der Waals surface area contributed by atoms with E-state index in [0.717, 1.165) is 10.4 Å². The van der Waals surface area contributed by atoms with Crippen LogP contribution in [0.2, 0.25) is 0 Å². The Morgan fingerprint density at radius 1 is 1.29 bits per heavy atom. The second-order valence-corrected chi connectivity index (χ2v) is 8.15. The topological polar surface area (TPSA) is 92.5 Å². The first-order valence-corrected chi connectivity index (χ1v) is 9.82. The molecule has 24 heavy (non-hydrogen) atoms. The van der Waals surface area contributed by atoms with Crippen molar-refractivity contribution in [2.75, 3.05) is 13.6 Å². The molecular formula is C16H21N3O3S2. The molecule has 8 heteroatoms. The molecule has 0 fully saturated rings. The van der Waals surface area contributed by atoms with Crippen LogP contribution in [-0.4, -0.2) is 32.8 Å². The maximum absolute atomic E-state index is 12.0. The maximum atomic E-state index is 12.0. The number of thiophene rings is 1. The summed E-state index contributed by atoms with van der Waals surface area (Å²) in [6, 6.07) is 10.3. The van der Waals surface area contributed by atoms with Crippen molar-refractivity contribution in [2.24, 2.45) is 5.14 Å². The van der Waals surface area contributed by atoms with Crippen molar-refractivity contribution in [1.29, 1.82) is 0 Å². The second-order valence-electron chi connectivity index (χ2n) is 5.56. The third kappa shape index (κ3) is 5.13. The summed E-state index contributed by atoms with van der Waals surface area (Å²) in [5.41, 5.74) is 0.913. The molecule has 1 heterocycles. The molecule has 130 valence electrons. The summed E-state index contributed by atoms with van der Waals surface area (Å²) < 4.78 is 22.6. The first-order chi connectivity index (χ1) is 11.3. The van der Waals surface area contributed by atoms with Crippen molar-refractivity contribution in [3.05, 3.63) is 52.2 Å². The number of rotatable bonds is 7. The fraction of sp³-hybridized carbons (Fsp3) is 0.312. The molecule has 0 saturated carbocycles. The van der Waals surface area contributed by atoms with Gasteiger partial charge in [-0.1, -0.05) is 18.2 Å². The fourth-order valence-corrected chi connectivity index (χ4v) is 3.37. The molecular weight excluding hydrogens is 346 g/mol. The van der Waals surface area contributed by atoms with E-state index in [2.05, 4.69) is 5.32 Å². The molecule has 1 amide bonds. The zero-order chi connectivity index (χ0) is 17.7. The van der Waals surface area contributed by atoms with E-state index in [0.29, 0.717) is 6.54 Å². The first kappa shape index (κ1) is 18.6. The van der Waals surface area contributed by atoms with Crippen LogP contribution >= 0.6 is 11.3 Å². The Bertz CT molecular complexity index is 771. The van der Waals surface area contributed by atoms with Crippen LogP contribution in [0, 0.1) is 0 Å². The molecule has 2 aromatic rings. The Hall–Kier alpha value is -1.74. The van der Waals surface area contributed by atoms with Gasteiger partial charge in [-0.2, -0.15) is 0 Å². The predicted molar refractivity (Wildman–Crippen MR) is 95.0 cm³/mol. The molecule has 0 saturated heterocycles. The van der Waals surface area contributed by atoms with Gasteiger partial charge in [-0.15, -0.1) is 11.3 Å². The molecule has 0 radical (unpaired) electrons. The number of primary sulfonamides is 1. The molecule has 0 spiro atoms. The van der Waals surface area contributed by atoms with Crippen LogP contribution in [-0.2, 0) is 21.4 Å². The Morgan fingerprint density at radius 3 is 2.50 bits per heavy atom. The molecule has 6 nitrogen and oxygen atoms in total. The summed E-state index contributed by atoms with van der Waals surface area (Å²) in [7, 11) is -1.84. The van der Waals surface area contributed by atoms with E-state index >= 15 is 0 Å². The van der Waals surface area contributed by atoms with Gasteiger partial charge in [-0.05, 0) is 43.1 Å². The SMILES string of the molecule is CC(c1ccc(S(N)(=O)=O)cc1)N(C)CC(=O)NCc1cccs1. The normalized spacial score (nSPS) is 13.0. The third-order valence-corrected chi connectivity index (χ3v) is 5.59. The van der Waals surface area contributed by atoms with Crippen LogP contribution in [0.25, 0.3) is 0 Å². The van der Waals surface area contributed by atoms with Gasteiger partial charge in [0.2, 0.25) is 15.9 Å². The van der Waals surface area contributed by atoms with Crippen LogP contribution in [0.5, 0.6) is 0 Å². The molecule has 3 N–H and O–H groups in total. The van der Waals surface area contributed by atoms with Gasteiger partial charge in [0, 0.05) is 10.9 Å². The number of carbonyl (C=O) groups is 1. The molecule has 2 rings (SSSR count). The van der Waals surface area contributed by atoms with Crippen LogP contribution in [0.3, 0.4) is 0 Å². The molecule has 1 atom stereocenters. The first-order valence-electron chi connectivity index (χ1n) is 7.39. The van der Waals surface area contributed by atoms with Crippen LogP contribution < -0.4 is 10.5 Å². The van der Waals surface area contributed by atoms with E-state index in [1.54, 1.807) is 23.5 Å². The van der Waals surface area contributed by atoms with Gasteiger partial charge < -0.3 is 5.32 Å². The second kappa shape index (κ2) is 7.89. The minimum absolute atomic E-state index is 0.0352. The van der Waals surface area contributed by atoms with Gasteiger partial charge in [-0.25, -0.2) is 13.6 Å². The highest BCUT2D eigenvalue weighted by atomic mass is 32.2. The lowest BCUT2D eigenvalue weighted by atomic mass is 10.1. The van der Waals surface area contributed by atoms with E-state index in [-0.39, 0.29) is 23.4 Å². The van der Waals surface area contributed by atoms with Crippen molar-refractivity contribution >= 4 is 27.3 Å². The number of nitrogens with two attached hydrogens (primary N) is 1. The monoisotopic (exact) mass is 367 g/mol. The van der Waals surface area contributed by atoms with Gasteiger partial charge in [0.15, 0.2) is 0 Å². The highest BCUT2D eigenvalue weighted by molar-refractivity contribution is 7.89. The van der Waals surface area contributed by atoms with Crippen LogP contribution in [0.4, 0.5) is 0 Å². The van der Waals surface area contributed by atoms with Gasteiger partial charge >= 0.3 is 0 Å². The molecule has 1 aromatic heterocycles. The largest absolute Gasteiger partial charge is 0.350 e. The summed E-state index contributed by atoms with van der Waals surface area (Å²) in [5, 5.41) is 9.95. The number of hydrogen-bond donors (Lipinski definition) is 2. The zero-order valence-corrected chi connectivity index (χ0v) is 15.2. The fourth-order valence-electron chi connectivity index (χ4n) is 2.21. The number of sulfonamides is 1. The van der Waals surface area contributed by atoms with Crippen LogP contribution in [0.1, 0.15) is 23.4 Å². The lowest BCUT2D eigenvalue weighted by molar-refractivity contribution is -0.122. The van der Waals surface area contributed by atoms with E-state index < -0.39 is 10.0 Å². The summed E-state index contributed by atoms with van der Waals surface area (Å²) >= 11 is 1.60. The van der Waals surface area contributed by atoms with Crippen molar-refractivity contribution in [1.82, 2.24) is 10.2 Å². The van der Waals surface area contributed by atoms with E-state index in [9.17, 15) is 13.2 Å². The lowest BCUT2D eigenvalue weighted by Crippen LogP contribution is -2.36. The van der Waals surface area contributed by atoms with E-state index in [1.807, 2.05) is 36.4 Å². The minimum Gasteiger partial charge on any atom is -0.350 e. The van der Waals surface area contributed by atoms with Crippen molar-refractivity contribution < 1.29 is 13.2 Å². The average Bonchev–Trinajstić information content (AvgIpc) is 3.05. The van der Waals surface area contributed by atoms with Crippen LogP contribution in [0.15, 0.2) is 46.7 Å². The smallest absolute Gasteiger partial charge is 0.238 e. The Morgan fingerprint density at radius 2 is 1.96 bits per heavy atom. The number of carbonyl (C=O) groups excluding carboxylic acids is 1. The third-order valence-electron chi connectivity index (χ3n) is 3.79. The molecule has 0 bridgehead atoms. The summed E-state index contributed by atoms with van der Waals surface area (Å²) in [6.45, 7) is 2.74. The molecule has 0 aliphatic heterocycles. The van der Waals surface area contributed by atoms with Gasteiger partial charge in [-0.3, -0.25) is 9.69 Å². The zero-order valence-electron chi connectivity index (χ0n) is 13.6. The maximum Gasteiger partial charge on any atom is 0.238 e. The number of benzene rings is 1. The Labute approximate surface area is 146 Å². The van der Waals surface area contributed by atoms with E-state index in [1.165, 1.54) is 12.1 Å². The lowest BCUT2D eigenvalue weighted by Gasteiger charge is -2.24. The molecule has 1 aromatic carbocycles. The summed E-state index contributed by atoms with van der Waals surface area (Å²) in [6.07, 6.45) is 0. The van der Waals surface area contributed by atoms with Gasteiger partial charge in [0.25, 0.3) is 0 Å². The molecule has 0 aliphatic carbocycles. The highest BCUT2D eigenvalue weighted by Gasteiger charge is 2.16. The highest BCUT2D eigenvalue weighted by Crippen LogP contribution is 2.20.